The van der Waals surface area contributed by atoms with Crippen molar-refractivity contribution in [1.82, 2.24) is 9.88 Å². The summed E-state index contributed by atoms with van der Waals surface area (Å²) in [4.78, 5) is 18.0. The van der Waals surface area contributed by atoms with Gasteiger partial charge in [0.1, 0.15) is 5.15 Å². The van der Waals surface area contributed by atoms with E-state index in [1.54, 1.807) is 17.0 Å². The largest absolute Gasteiger partial charge is 0.394 e. The van der Waals surface area contributed by atoms with Crippen LogP contribution in [0, 0.1) is 5.92 Å². The molecule has 2 rings (SSSR count). The lowest BCUT2D eigenvalue weighted by atomic mass is 9.91. The van der Waals surface area contributed by atoms with Gasteiger partial charge in [0, 0.05) is 18.3 Å². The van der Waals surface area contributed by atoms with Gasteiger partial charge >= 0.3 is 0 Å². The number of nitrogens with zero attached hydrogens (tertiary/aromatic N) is 2. The summed E-state index contributed by atoms with van der Waals surface area (Å²) in [5.41, 5.74) is 0.530. The first-order valence-corrected chi connectivity index (χ1v) is 6.54. The van der Waals surface area contributed by atoms with Gasteiger partial charge in [-0.05, 0) is 30.9 Å². The Morgan fingerprint density at radius 1 is 1.67 bits per heavy atom. The van der Waals surface area contributed by atoms with E-state index in [2.05, 4.69) is 11.9 Å². The minimum Gasteiger partial charge on any atom is -0.394 e. The summed E-state index contributed by atoms with van der Waals surface area (Å²) >= 11 is 5.80. The van der Waals surface area contributed by atoms with Gasteiger partial charge in [-0.25, -0.2) is 4.98 Å². The molecule has 2 heterocycles. The van der Waals surface area contributed by atoms with E-state index in [9.17, 15) is 9.90 Å². The number of piperidine rings is 1. The van der Waals surface area contributed by atoms with Gasteiger partial charge in [-0.1, -0.05) is 18.5 Å². The van der Waals surface area contributed by atoms with Crippen LogP contribution in [0.1, 0.15) is 30.1 Å². The first kappa shape index (κ1) is 13.3. The molecule has 98 valence electrons. The highest BCUT2D eigenvalue weighted by Crippen LogP contribution is 2.24. The third kappa shape index (κ3) is 2.65. The van der Waals surface area contributed by atoms with Crippen LogP contribution >= 0.6 is 11.6 Å². The third-order valence-corrected chi connectivity index (χ3v) is 3.74. The molecule has 1 aliphatic heterocycles. The van der Waals surface area contributed by atoms with E-state index in [1.807, 2.05) is 0 Å². The zero-order chi connectivity index (χ0) is 13.1. The molecule has 2 unspecified atom stereocenters. The highest BCUT2D eigenvalue weighted by molar-refractivity contribution is 6.29. The van der Waals surface area contributed by atoms with Crippen molar-refractivity contribution < 1.29 is 9.90 Å². The average molecular weight is 269 g/mol. The molecule has 18 heavy (non-hydrogen) atoms. The van der Waals surface area contributed by atoms with Gasteiger partial charge in [0.05, 0.1) is 12.6 Å². The van der Waals surface area contributed by atoms with Crippen LogP contribution in [0.25, 0.3) is 0 Å². The molecule has 5 heteroatoms. The van der Waals surface area contributed by atoms with Crippen LogP contribution in [0.2, 0.25) is 5.15 Å². The van der Waals surface area contributed by atoms with E-state index in [0.717, 1.165) is 12.8 Å². The van der Waals surface area contributed by atoms with Crippen LogP contribution < -0.4 is 0 Å². The predicted molar refractivity (Wildman–Crippen MR) is 69.6 cm³/mol. The maximum absolute atomic E-state index is 12.4. The quantitative estimate of drug-likeness (QED) is 0.835. The number of aliphatic hydroxyl groups is 1. The normalized spacial score (nSPS) is 24.1. The van der Waals surface area contributed by atoms with E-state index in [1.165, 1.54) is 6.20 Å². The summed E-state index contributed by atoms with van der Waals surface area (Å²) in [6.45, 7) is 2.76. The van der Waals surface area contributed by atoms with Gasteiger partial charge in [-0.3, -0.25) is 4.79 Å². The highest BCUT2D eigenvalue weighted by atomic mass is 35.5. The lowest BCUT2D eigenvalue weighted by Gasteiger charge is -2.39. The molecule has 1 aromatic heterocycles. The summed E-state index contributed by atoms with van der Waals surface area (Å²) in [6.07, 6.45) is 3.55. The van der Waals surface area contributed by atoms with Crippen molar-refractivity contribution in [3.8, 4) is 0 Å². The zero-order valence-corrected chi connectivity index (χ0v) is 11.1. The van der Waals surface area contributed by atoms with Gasteiger partial charge in [0.15, 0.2) is 0 Å². The van der Waals surface area contributed by atoms with Crippen molar-refractivity contribution >= 4 is 17.5 Å². The Hall–Kier alpha value is -1.13. The van der Waals surface area contributed by atoms with Gasteiger partial charge in [-0.2, -0.15) is 0 Å². The van der Waals surface area contributed by atoms with E-state index in [4.69, 9.17) is 11.6 Å². The molecule has 0 saturated carbocycles. The molecule has 1 aromatic rings. The van der Waals surface area contributed by atoms with Gasteiger partial charge in [0.2, 0.25) is 0 Å². The van der Waals surface area contributed by atoms with E-state index < -0.39 is 0 Å². The number of likely N-dealkylation sites (tertiary alicyclic amines) is 1. The second kappa shape index (κ2) is 5.67. The highest BCUT2D eigenvalue weighted by Gasteiger charge is 2.31. The fourth-order valence-corrected chi connectivity index (χ4v) is 2.65. The lowest BCUT2D eigenvalue weighted by Crippen LogP contribution is -2.49. The van der Waals surface area contributed by atoms with Crippen LogP contribution in [0.3, 0.4) is 0 Å². The van der Waals surface area contributed by atoms with Gasteiger partial charge in [0.25, 0.3) is 5.91 Å². The molecule has 1 amide bonds. The fraction of sp³-hybridized carbons (Fsp3) is 0.538. The van der Waals surface area contributed by atoms with Crippen molar-refractivity contribution in [1.29, 1.82) is 0 Å². The van der Waals surface area contributed by atoms with Crippen molar-refractivity contribution in [3.63, 3.8) is 0 Å². The standard InChI is InChI=1S/C13H17ClN2O2/c1-9-3-2-6-16(11(9)8-17)13(18)10-4-5-15-12(14)7-10/h4-5,7,9,11,17H,2-3,6,8H2,1H3. The minimum absolute atomic E-state index is 0.00568. The number of aliphatic hydroxyl groups excluding tert-OH is 1. The molecular formula is C13H17ClN2O2. The summed E-state index contributed by atoms with van der Waals surface area (Å²) in [5, 5.41) is 9.76. The number of rotatable bonds is 2. The monoisotopic (exact) mass is 268 g/mol. The fourth-order valence-electron chi connectivity index (χ4n) is 2.48. The molecule has 0 bridgehead atoms. The SMILES string of the molecule is CC1CCCN(C(=O)c2ccnc(Cl)c2)C1CO. The molecule has 0 spiro atoms. The van der Waals surface area contributed by atoms with Gasteiger partial charge in [-0.15, -0.1) is 0 Å². The second-order valence-electron chi connectivity index (χ2n) is 4.74. The van der Waals surface area contributed by atoms with E-state index in [-0.39, 0.29) is 18.6 Å². The number of hydrogen-bond acceptors (Lipinski definition) is 3. The van der Waals surface area contributed by atoms with Gasteiger partial charge < -0.3 is 10.0 Å². The molecule has 1 N–H and O–H groups in total. The Labute approximate surface area is 112 Å². The number of hydrogen-bond donors (Lipinski definition) is 1. The topological polar surface area (TPSA) is 53.4 Å². The van der Waals surface area contributed by atoms with Crippen molar-refractivity contribution in [2.45, 2.75) is 25.8 Å². The Balaban J connectivity index is 2.21. The first-order chi connectivity index (χ1) is 8.63. The van der Waals surface area contributed by atoms with Crippen LogP contribution in [-0.2, 0) is 0 Å². The van der Waals surface area contributed by atoms with Crippen LogP contribution in [-0.4, -0.2) is 40.1 Å². The third-order valence-electron chi connectivity index (χ3n) is 3.54. The zero-order valence-electron chi connectivity index (χ0n) is 10.3. The minimum atomic E-state index is -0.0989. The molecule has 0 radical (unpaired) electrons. The molecule has 0 aliphatic carbocycles. The summed E-state index contributed by atoms with van der Waals surface area (Å²) in [5.74, 6) is 0.245. The molecule has 1 fully saturated rings. The Bertz CT molecular complexity index is 439. The first-order valence-electron chi connectivity index (χ1n) is 6.17. The van der Waals surface area contributed by atoms with Crippen LogP contribution in [0.15, 0.2) is 18.3 Å². The maximum atomic E-state index is 12.4. The van der Waals surface area contributed by atoms with Crippen molar-refractivity contribution in [3.05, 3.63) is 29.0 Å². The predicted octanol–water partition coefficient (Wildman–Crippen LogP) is 1.97. The molecular weight excluding hydrogens is 252 g/mol. The number of pyridine rings is 1. The Morgan fingerprint density at radius 2 is 2.44 bits per heavy atom. The van der Waals surface area contributed by atoms with Crippen LogP contribution in [0.4, 0.5) is 0 Å². The lowest BCUT2D eigenvalue weighted by molar-refractivity contribution is 0.0358. The molecule has 0 aromatic carbocycles. The Kier molecular flexibility index (Phi) is 4.19. The molecule has 1 aliphatic rings. The number of halogens is 1. The maximum Gasteiger partial charge on any atom is 0.254 e. The Morgan fingerprint density at radius 3 is 3.11 bits per heavy atom. The number of carbonyl (C=O) groups is 1. The summed E-state index contributed by atoms with van der Waals surface area (Å²) in [6, 6.07) is 3.12. The van der Waals surface area contributed by atoms with Crippen LogP contribution in [0.5, 0.6) is 0 Å². The molecule has 4 nitrogen and oxygen atoms in total. The van der Waals surface area contributed by atoms with Crippen molar-refractivity contribution in [2.24, 2.45) is 5.92 Å². The smallest absolute Gasteiger partial charge is 0.254 e. The molecule has 1 saturated heterocycles. The van der Waals surface area contributed by atoms with E-state index >= 15 is 0 Å². The number of amides is 1. The van der Waals surface area contributed by atoms with E-state index in [0.29, 0.717) is 23.2 Å². The second-order valence-corrected chi connectivity index (χ2v) is 5.12. The summed E-state index contributed by atoms with van der Waals surface area (Å²) in [7, 11) is 0. The molecule has 2 atom stereocenters. The summed E-state index contributed by atoms with van der Waals surface area (Å²) < 4.78 is 0. The number of carbonyl (C=O) groups excluding carboxylic acids is 1. The number of aromatic nitrogens is 1. The van der Waals surface area contributed by atoms with Crippen molar-refractivity contribution in [2.75, 3.05) is 13.2 Å². The average Bonchev–Trinajstić information content (AvgIpc) is 2.37.